The highest BCUT2D eigenvalue weighted by atomic mass is 16.5. The van der Waals surface area contributed by atoms with Gasteiger partial charge in [0.2, 0.25) is 11.7 Å². The van der Waals surface area contributed by atoms with Gasteiger partial charge in [0.1, 0.15) is 17.4 Å². The molecular formula is C29H36N2O10. The summed E-state index contributed by atoms with van der Waals surface area (Å²) in [7, 11) is 2.99. The highest BCUT2D eigenvalue weighted by Crippen LogP contribution is 2.56. The fourth-order valence-corrected chi connectivity index (χ4v) is 6.65. The van der Waals surface area contributed by atoms with Crippen molar-refractivity contribution in [3.8, 4) is 5.75 Å². The van der Waals surface area contributed by atoms with Crippen molar-refractivity contribution in [1.82, 2.24) is 4.90 Å². The van der Waals surface area contributed by atoms with Crippen molar-refractivity contribution >= 4 is 35.3 Å². The largest absolute Gasteiger partial charge is 0.507 e. The van der Waals surface area contributed by atoms with E-state index in [1.54, 1.807) is 13.0 Å². The number of hydrogen-bond donors (Lipinski definition) is 6. The lowest BCUT2D eigenvalue weighted by Gasteiger charge is -2.56. The highest BCUT2D eigenvalue weighted by molar-refractivity contribution is 6.25. The predicted molar refractivity (Wildman–Crippen MR) is 145 cm³/mol. The molecule has 0 saturated heterocycles. The third-order valence-corrected chi connectivity index (χ3v) is 8.67. The van der Waals surface area contributed by atoms with Crippen LogP contribution in [0.1, 0.15) is 49.3 Å². The van der Waals surface area contributed by atoms with E-state index in [0.717, 1.165) is 12.5 Å². The van der Waals surface area contributed by atoms with Gasteiger partial charge in [0.15, 0.2) is 11.4 Å². The molecular weight excluding hydrogens is 536 g/mol. The molecule has 2 unspecified atom stereocenters. The molecule has 2 fully saturated rings. The van der Waals surface area contributed by atoms with E-state index >= 15 is 0 Å². The lowest BCUT2D eigenvalue weighted by Crippen LogP contribution is -2.76. The summed E-state index contributed by atoms with van der Waals surface area (Å²) in [5.74, 6) is -11.1. The van der Waals surface area contributed by atoms with Crippen LogP contribution >= 0.6 is 0 Å². The Morgan fingerprint density at radius 1 is 1.15 bits per heavy atom. The van der Waals surface area contributed by atoms with Gasteiger partial charge in [-0.05, 0) is 38.1 Å². The van der Waals surface area contributed by atoms with Gasteiger partial charge in [-0.3, -0.25) is 14.4 Å². The number of likely N-dealkylation sites (N-methyl/N-ethyl adjacent to an activating group) is 1. The molecule has 1 amide bonds. The molecule has 41 heavy (non-hydrogen) atoms. The number of hydrogen-bond acceptors (Lipinski definition) is 11. The Labute approximate surface area is 236 Å². The zero-order valence-corrected chi connectivity index (χ0v) is 23.3. The van der Waals surface area contributed by atoms with Crippen LogP contribution in [-0.4, -0.2) is 98.4 Å². The summed E-state index contributed by atoms with van der Waals surface area (Å²) in [6.45, 7) is 3.83. The molecule has 12 nitrogen and oxygen atoms in total. The molecule has 3 aliphatic rings. The highest BCUT2D eigenvalue weighted by Gasteiger charge is 2.71. The van der Waals surface area contributed by atoms with Crippen LogP contribution < -0.4 is 5.73 Å². The minimum atomic E-state index is -3.00. The predicted octanol–water partition coefficient (Wildman–Crippen LogP) is 0.0173. The molecule has 8 atom stereocenters. The maximum atomic E-state index is 14.0. The number of phenols is 1. The quantitative estimate of drug-likeness (QED) is 0.111. The van der Waals surface area contributed by atoms with Gasteiger partial charge in [-0.25, -0.2) is 4.79 Å². The Balaban J connectivity index is 1.85. The summed E-state index contributed by atoms with van der Waals surface area (Å²) < 4.78 is 5.07. The zero-order chi connectivity index (χ0) is 30.5. The molecule has 0 aliphatic heterocycles. The van der Waals surface area contributed by atoms with E-state index in [-0.39, 0.29) is 17.7 Å². The van der Waals surface area contributed by atoms with Crippen LogP contribution in [0.2, 0.25) is 0 Å². The summed E-state index contributed by atoms with van der Waals surface area (Å²) in [6, 6.07) is 1.84. The van der Waals surface area contributed by atoms with Crippen LogP contribution in [-0.2, 0) is 23.9 Å². The molecule has 1 aromatic rings. The van der Waals surface area contributed by atoms with Gasteiger partial charge < -0.3 is 40.9 Å². The number of primary amides is 1. The van der Waals surface area contributed by atoms with Gasteiger partial charge in [0.25, 0.3) is 0 Å². The number of benzene rings is 1. The summed E-state index contributed by atoms with van der Waals surface area (Å²) in [5.41, 5.74) is 2.22. The van der Waals surface area contributed by atoms with E-state index in [9.17, 15) is 44.7 Å². The molecule has 222 valence electrons. The van der Waals surface area contributed by atoms with Crippen molar-refractivity contribution in [2.75, 3.05) is 20.7 Å². The van der Waals surface area contributed by atoms with Crippen LogP contribution in [0.25, 0.3) is 11.8 Å². The molecule has 4 rings (SSSR count). The van der Waals surface area contributed by atoms with Crippen LogP contribution in [0, 0.1) is 17.8 Å². The van der Waals surface area contributed by atoms with E-state index < -0.39 is 88.0 Å². The van der Waals surface area contributed by atoms with E-state index in [0.29, 0.717) is 12.0 Å². The fourth-order valence-electron chi connectivity index (χ4n) is 6.65. The molecule has 2 saturated carbocycles. The smallest absolute Gasteiger partial charge is 0.330 e. The number of fused-ring (bicyclic) bond motifs is 3. The second-order valence-electron chi connectivity index (χ2n) is 11.2. The molecule has 0 spiro atoms. The number of aromatic hydroxyl groups is 1. The van der Waals surface area contributed by atoms with E-state index in [1.165, 1.54) is 31.1 Å². The van der Waals surface area contributed by atoms with Gasteiger partial charge in [0, 0.05) is 35.1 Å². The molecule has 0 radical (unpaired) electrons. The number of Topliss-reactive ketones (excluding diaryl/α,β-unsaturated/α-hetero) is 2. The summed E-state index contributed by atoms with van der Waals surface area (Å²) in [4.78, 5) is 53.1. The minimum absolute atomic E-state index is 0.118. The third-order valence-electron chi connectivity index (χ3n) is 8.67. The number of esters is 1. The number of nitrogens with two attached hydrogens (primary N) is 1. The van der Waals surface area contributed by atoms with Crippen molar-refractivity contribution in [3.05, 3.63) is 40.5 Å². The van der Waals surface area contributed by atoms with Gasteiger partial charge >= 0.3 is 5.97 Å². The van der Waals surface area contributed by atoms with Crippen LogP contribution in [0.15, 0.2) is 23.8 Å². The summed E-state index contributed by atoms with van der Waals surface area (Å²) >= 11 is 0. The van der Waals surface area contributed by atoms with Crippen LogP contribution in [0.3, 0.4) is 0 Å². The molecule has 7 N–H and O–H groups in total. The van der Waals surface area contributed by atoms with Crippen molar-refractivity contribution in [1.29, 1.82) is 0 Å². The van der Waals surface area contributed by atoms with Crippen molar-refractivity contribution < 1.29 is 49.4 Å². The third kappa shape index (κ3) is 4.55. The first-order chi connectivity index (χ1) is 19.2. The number of carbonyl (C=O) groups is 4. The molecule has 0 aromatic heterocycles. The summed E-state index contributed by atoms with van der Waals surface area (Å²) in [6.07, 6.45) is 0.553. The number of ether oxygens (including phenoxy) is 1. The first-order valence-corrected chi connectivity index (χ1v) is 13.5. The number of aliphatic hydroxyl groups excluding tert-OH is 3. The maximum absolute atomic E-state index is 14.0. The fraction of sp³-hybridized carbons (Fsp3) is 0.517. The average Bonchev–Trinajstić information content (AvgIpc) is 2.90. The second-order valence-corrected chi connectivity index (χ2v) is 11.2. The number of aliphatic hydroxyl groups is 4. The van der Waals surface area contributed by atoms with Gasteiger partial charge in [-0.1, -0.05) is 32.4 Å². The lowest BCUT2D eigenvalue weighted by molar-refractivity contribution is -0.199. The summed E-state index contributed by atoms with van der Waals surface area (Å²) in [5, 5.41) is 56.8. The first kappa shape index (κ1) is 30.4. The number of unbranched alkanes of at least 4 members (excludes halogenated alkanes) is 1. The van der Waals surface area contributed by atoms with Crippen molar-refractivity contribution in [3.63, 3.8) is 0 Å². The number of rotatable bonds is 7. The Morgan fingerprint density at radius 2 is 1.80 bits per heavy atom. The average molecular weight is 573 g/mol. The Bertz CT molecular complexity index is 1350. The molecule has 0 bridgehead atoms. The number of nitrogens with zero attached hydrogens (tertiary/aromatic N) is 1. The monoisotopic (exact) mass is 572 g/mol. The van der Waals surface area contributed by atoms with Crippen molar-refractivity contribution in [2.45, 2.75) is 56.5 Å². The zero-order valence-electron chi connectivity index (χ0n) is 23.3. The molecule has 1 aromatic carbocycles. The SMILES string of the molecule is CCCCOC(=O)/C=C/c1ccc2c(c1O)C(O)=C1C(=O)[C@]3(O)C(=O)C(C(N)=O)C(O)[C@@H](N(C)C)[C@@H]3[C@@H](O)[C@@H]1[C@H]2C. The number of ketones is 2. The van der Waals surface area contributed by atoms with Crippen LogP contribution in [0.4, 0.5) is 0 Å². The molecule has 0 heterocycles. The number of carbonyl (C=O) groups excluding carboxylic acids is 4. The minimum Gasteiger partial charge on any atom is -0.507 e. The Hall–Kier alpha value is -3.58. The lowest BCUT2D eigenvalue weighted by atomic mass is 9.51. The van der Waals surface area contributed by atoms with Gasteiger partial charge in [-0.2, -0.15) is 0 Å². The second kappa shape index (κ2) is 11.0. The van der Waals surface area contributed by atoms with Gasteiger partial charge in [-0.15, -0.1) is 0 Å². The molecule has 3 aliphatic carbocycles. The normalized spacial score (nSPS) is 33.0. The number of amides is 1. The topological polar surface area (TPSA) is 208 Å². The maximum Gasteiger partial charge on any atom is 0.330 e. The van der Waals surface area contributed by atoms with Crippen LogP contribution in [0.5, 0.6) is 5.75 Å². The van der Waals surface area contributed by atoms with E-state index in [1.807, 2.05) is 6.92 Å². The standard InChI is InChI=1S/C29H36N2O10/c1-5-6-11-41-15(32)10-8-13-7-9-14-12(2)16-18(23(34)17(14)22(13)33)26(37)29(40)20(24(16)35)21(31(3)4)25(36)19(27(29)38)28(30)39/h7-10,12,16,19-21,24-25,33-36,40H,5-6,11H2,1-4H3,(H2,30,39)/b10-8+/t12-,16+,19?,20+,21-,24-,25?,29-/m0/s1. The van der Waals surface area contributed by atoms with Gasteiger partial charge in [0.05, 0.1) is 24.4 Å². The number of phenolic OH excluding ortho intramolecular Hbond substituents is 1. The van der Waals surface area contributed by atoms with Crippen molar-refractivity contribution in [2.24, 2.45) is 23.5 Å². The Kier molecular flexibility index (Phi) is 8.16. The Morgan fingerprint density at radius 3 is 2.39 bits per heavy atom. The first-order valence-electron chi connectivity index (χ1n) is 13.5. The molecule has 12 heteroatoms. The van der Waals surface area contributed by atoms with E-state index in [4.69, 9.17) is 10.5 Å². The van der Waals surface area contributed by atoms with E-state index in [2.05, 4.69) is 0 Å².